The summed E-state index contributed by atoms with van der Waals surface area (Å²) in [6, 6.07) is 5.82. The van der Waals surface area contributed by atoms with Crippen LogP contribution in [0.25, 0.3) is 0 Å². The molecule has 0 bridgehead atoms. The molecule has 1 fully saturated rings. The first-order chi connectivity index (χ1) is 12.3. The van der Waals surface area contributed by atoms with Gasteiger partial charge in [-0.1, -0.05) is 24.1 Å². The lowest BCUT2D eigenvalue weighted by atomic mass is 9.88. The second kappa shape index (κ2) is 7.16. The minimum Gasteiger partial charge on any atom is -0.329 e. The van der Waals surface area contributed by atoms with Gasteiger partial charge in [0, 0.05) is 6.04 Å². The van der Waals surface area contributed by atoms with Crippen molar-refractivity contribution < 1.29 is 27.6 Å². The SMILES string of the molecule is CC1CCC(NS(=O)(=O)CC(=O)ON2C(=O)c3ccccc3C2=O)CC1. The zero-order chi connectivity index (χ0) is 18.9. The van der Waals surface area contributed by atoms with E-state index >= 15 is 0 Å². The van der Waals surface area contributed by atoms with Crippen LogP contribution in [0.1, 0.15) is 53.3 Å². The van der Waals surface area contributed by atoms with E-state index in [1.54, 1.807) is 12.1 Å². The molecule has 0 unspecified atom stereocenters. The van der Waals surface area contributed by atoms with Crippen molar-refractivity contribution in [2.45, 2.75) is 38.6 Å². The van der Waals surface area contributed by atoms with Crippen molar-refractivity contribution in [2.24, 2.45) is 5.92 Å². The number of fused-ring (bicyclic) bond motifs is 1. The van der Waals surface area contributed by atoms with Crippen molar-refractivity contribution in [3.05, 3.63) is 35.4 Å². The first-order valence-corrected chi connectivity index (χ1v) is 10.1. The number of imide groups is 1. The highest BCUT2D eigenvalue weighted by atomic mass is 32.2. The van der Waals surface area contributed by atoms with Gasteiger partial charge in [-0.25, -0.2) is 17.9 Å². The zero-order valence-corrected chi connectivity index (χ0v) is 15.1. The number of nitrogens with one attached hydrogen (secondary N) is 1. The van der Waals surface area contributed by atoms with Crippen LogP contribution >= 0.6 is 0 Å². The van der Waals surface area contributed by atoms with Crippen LogP contribution in [0, 0.1) is 5.92 Å². The third kappa shape index (κ3) is 3.94. The molecule has 8 nitrogen and oxygen atoms in total. The van der Waals surface area contributed by atoms with Crippen molar-refractivity contribution >= 4 is 27.8 Å². The number of carbonyl (C=O) groups is 3. The highest BCUT2D eigenvalue weighted by Crippen LogP contribution is 2.24. The summed E-state index contributed by atoms with van der Waals surface area (Å²) in [5.41, 5.74) is 0.227. The summed E-state index contributed by atoms with van der Waals surface area (Å²) in [6.07, 6.45) is 3.28. The lowest BCUT2D eigenvalue weighted by Gasteiger charge is -2.26. The van der Waals surface area contributed by atoms with Crippen molar-refractivity contribution in [3.8, 4) is 0 Å². The summed E-state index contributed by atoms with van der Waals surface area (Å²) in [6.45, 7) is 2.12. The van der Waals surface area contributed by atoms with Gasteiger partial charge in [0.15, 0.2) is 5.75 Å². The van der Waals surface area contributed by atoms with Gasteiger partial charge in [0.05, 0.1) is 11.1 Å². The average molecular weight is 380 g/mol. The molecule has 0 atom stereocenters. The second-order valence-corrected chi connectivity index (χ2v) is 8.50. The van der Waals surface area contributed by atoms with E-state index in [1.807, 2.05) is 0 Å². The predicted octanol–water partition coefficient (Wildman–Crippen LogP) is 1.24. The molecule has 140 valence electrons. The molecule has 0 radical (unpaired) electrons. The number of nitrogens with zero attached hydrogens (tertiary/aromatic N) is 1. The van der Waals surface area contributed by atoms with Crippen LogP contribution in [-0.4, -0.2) is 43.1 Å². The van der Waals surface area contributed by atoms with Gasteiger partial charge in [-0.05, 0) is 43.7 Å². The Labute approximate surface area is 151 Å². The van der Waals surface area contributed by atoms with Crippen LogP contribution in [-0.2, 0) is 19.7 Å². The quantitative estimate of drug-likeness (QED) is 0.770. The largest absolute Gasteiger partial charge is 0.349 e. The number of hydrogen-bond acceptors (Lipinski definition) is 6. The number of benzene rings is 1. The number of carbonyl (C=O) groups excluding carboxylic acids is 3. The number of hydrogen-bond donors (Lipinski definition) is 1. The van der Waals surface area contributed by atoms with Gasteiger partial charge in [0.2, 0.25) is 10.0 Å². The number of sulfonamides is 1. The van der Waals surface area contributed by atoms with Gasteiger partial charge in [-0.15, -0.1) is 0 Å². The molecule has 0 spiro atoms. The van der Waals surface area contributed by atoms with E-state index in [0.29, 0.717) is 23.8 Å². The Kier molecular flexibility index (Phi) is 5.10. The minimum atomic E-state index is -3.92. The highest BCUT2D eigenvalue weighted by molar-refractivity contribution is 7.90. The maximum absolute atomic E-state index is 12.1. The Morgan fingerprint density at radius 3 is 2.19 bits per heavy atom. The van der Waals surface area contributed by atoms with Crippen LogP contribution in [0.3, 0.4) is 0 Å². The molecule has 2 amide bonds. The lowest BCUT2D eigenvalue weighted by molar-refractivity contribution is -0.165. The zero-order valence-electron chi connectivity index (χ0n) is 14.3. The maximum Gasteiger partial charge on any atom is 0.349 e. The minimum absolute atomic E-state index is 0.114. The van der Waals surface area contributed by atoms with Crippen molar-refractivity contribution in [1.82, 2.24) is 9.79 Å². The summed E-state index contributed by atoms with van der Waals surface area (Å²) < 4.78 is 26.8. The van der Waals surface area contributed by atoms with Gasteiger partial charge in [-0.2, -0.15) is 0 Å². The molecule has 1 N–H and O–H groups in total. The van der Waals surface area contributed by atoms with Crippen molar-refractivity contribution in [2.75, 3.05) is 5.75 Å². The molecule has 9 heteroatoms. The third-order valence-corrected chi connectivity index (χ3v) is 5.93. The fourth-order valence-electron chi connectivity index (χ4n) is 3.21. The smallest absolute Gasteiger partial charge is 0.329 e. The van der Waals surface area contributed by atoms with Crippen molar-refractivity contribution in [1.29, 1.82) is 0 Å². The standard InChI is InChI=1S/C17H20N2O6S/c1-11-6-8-12(9-7-11)18-26(23,24)10-15(20)25-19-16(21)13-4-2-3-5-14(13)17(19)22/h2-5,11-12,18H,6-10H2,1H3. The molecule has 1 aromatic carbocycles. The van der Waals surface area contributed by atoms with Crippen LogP contribution in [0.2, 0.25) is 0 Å². The van der Waals surface area contributed by atoms with E-state index in [1.165, 1.54) is 12.1 Å². The van der Waals surface area contributed by atoms with Crippen LogP contribution in [0.5, 0.6) is 0 Å². The van der Waals surface area contributed by atoms with Crippen LogP contribution < -0.4 is 4.72 Å². The number of hydroxylamine groups is 2. The van der Waals surface area contributed by atoms with Gasteiger partial charge in [0.1, 0.15) is 0 Å². The van der Waals surface area contributed by atoms with E-state index in [4.69, 9.17) is 4.84 Å². The first kappa shape index (κ1) is 18.5. The molecule has 26 heavy (non-hydrogen) atoms. The first-order valence-electron chi connectivity index (χ1n) is 8.45. The molecule has 0 saturated heterocycles. The highest BCUT2D eigenvalue weighted by Gasteiger charge is 2.39. The number of rotatable bonds is 5. The van der Waals surface area contributed by atoms with Crippen LogP contribution in [0.15, 0.2) is 24.3 Å². The molecule has 2 aliphatic rings. The molecule has 3 rings (SSSR count). The normalized spacial score (nSPS) is 23.0. The maximum atomic E-state index is 12.1. The monoisotopic (exact) mass is 380 g/mol. The lowest BCUT2D eigenvalue weighted by Crippen LogP contribution is -2.42. The Hall–Kier alpha value is -2.26. The Morgan fingerprint density at radius 2 is 1.65 bits per heavy atom. The molecule has 1 aliphatic carbocycles. The Balaban J connectivity index is 1.59. The molecule has 1 saturated carbocycles. The number of amides is 2. The molecule has 0 aromatic heterocycles. The predicted molar refractivity (Wildman–Crippen MR) is 91.4 cm³/mol. The van der Waals surface area contributed by atoms with E-state index < -0.39 is 33.6 Å². The fourth-order valence-corrected chi connectivity index (χ4v) is 4.40. The third-order valence-electron chi connectivity index (χ3n) is 4.62. The molecule has 1 heterocycles. The van der Waals surface area contributed by atoms with Gasteiger partial charge < -0.3 is 4.84 Å². The van der Waals surface area contributed by atoms with Gasteiger partial charge >= 0.3 is 5.97 Å². The fraction of sp³-hybridized carbons (Fsp3) is 0.471. The van der Waals surface area contributed by atoms with E-state index in [2.05, 4.69) is 11.6 Å². The second-order valence-electron chi connectivity index (χ2n) is 6.75. The van der Waals surface area contributed by atoms with Gasteiger partial charge in [0.25, 0.3) is 11.8 Å². The van der Waals surface area contributed by atoms with E-state index in [9.17, 15) is 22.8 Å². The molecular formula is C17H20N2O6S. The molecule has 1 aliphatic heterocycles. The summed E-state index contributed by atoms with van der Waals surface area (Å²) in [5, 5.41) is 0.310. The Bertz CT molecular complexity index is 808. The van der Waals surface area contributed by atoms with E-state index in [-0.39, 0.29) is 17.2 Å². The molecule has 1 aromatic rings. The molecular weight excluding hydrogens is 360 g/mol. The summed E-state index contributed by atoms with van der Waals surface area (Å²) >= 11 is 0. The van der Waals surface area contributed by atoms with E-state index in [0.717, 1.165) is 12.8 Å². The van der Waals surface area contributed by atoms with Crippen LogP contribution in [0.4, 0.5) is 0 Å². The van der Waals surface area contributed by atoms with Gasteiger partial charge in [-0.3, -0.25) is 9.59 Å². The topological polar surface area (TPSA) is 110 Å². The summed E-state index contributed by atoms with van der Waals surface area (Å²) in [5.74, 6) is -3.14. The van der Waals surface area contributed by atoms with Crippen molar-refractivity contribution in [3.63, 3.8) is 0 Å². The summed E-state index contributed by atoms with van der Waals surface area (Å²) in [7, 11) is -3.92. The Morgan fingerprint density at radius 1 is 1.12 bits per heavy atom. The summed E-state index contributed by atoms with van der Waals surface area (Å²) in [4.78, 5) is 40.9. The average Bonchev–Trinajstić information content (AvgIpc) is 2.82.